The van der Waals surface area contributed by atoms with E-state index in [1.54, 1.807) is 11.1 Å². The van der Waals surface area contributed by atoms with Gasteiger partial charge in [-0.1, -0.05) is 37.6 Å². The highest BCUT2D eigenvalue weighted by Crippen LogP contribution is 2.30. The predicted octanol–water partition coefficient (Wildman–Crippen LogP) is 4.01. The van der Waals surface area contributed by atoms with Crippen LogP contribution in [0.25, 0.3) is 0 Å². The summed E-state index contributed by atoms with van der Waals surface area (Å²) in [5.74, 6) is 0. The van der Waals surface area contributed by atoms with Crippen LogP contribution in [0.1, 0.15) is 39.5 Å². The summed E-state index contributed by atoms with van der Waals surface area (Å²) < 4.78 is 0. The van der Waals surface area contributed by atoms with E-state index >= 15 is 0 Å². The van der Waals surface area contributed by atoms with Crippen LogP contribution in [0.3, 0.4) is 0 Å². The molecule has 0 spiro atoms. The van der Waals surface area contributed by atoms with Crippen LogP contribution < -0.4 is 0 Å². The molecule has 0 saturated heterocycles. The van der Waals surface area contributed by atoms with E-state index in [9.17, 15) is 0 Å². The third-order valence-electron chi connectivity index (χ3n) is 2.08. The third kappa shape index (κ3) is 3.08. The van der Waals surface area contributed by atoms with Gasteiger partial charge in [0, 0.05) is 0 Å². The van der Waals surface area contributed by atoms with E-state index in [4.69, 9.17) is 0 Å². The minimum absolute atomic E-state index is 1.10. The number of hydrogen-bond acceptors (Lipinski definition) is 0. The lowest BCUT2D eigenvalue weighted by atomic mass is 10.1. The first-order valence-corrected chi connectivity index (χ1v) is 4.88. The second-order valence-corrected chi connectivity index (χ2v) is 3.22. The fraction of sp³-hybridized carbons (Fsp3) is 0.500. The molecule has 0 unspecified atom stereocenters. The molecule has 0 N–H and O–H groups in total. The molecule has 0 atom stereocenters. The molecule has 0 aliphatic heterocycles. The van der Waals surface area contributed by atoms with E-state index in [0.29, 0.717) is 0 Å². The maximum absolute atomic E-state index is 2.36. The van der Waals surface area contributed by atoms with Gasteiger partial charge < -0.3 is 0 Å². The average molecular weight is 162 g/mol. The molecule has 0 radical (unpaired) electrons. The summed E-state index contributed by atoms with van der Waals surface area (Å²) in [4.78, 5) is 0. The lowest BCUT2D eigenvalue weighted by molar-refractivity contribution is 0.912. The predicted molar refractivity (Wildman–Crippen MR) is 55.1 cm³/mol. The van der Waals surface area contributed by atoms with E-state index in [1.165, 1.54) is 19.3 Å². The molecular weight excluding hydrogens is 144 g/mol. The van der Waals surface area contributed by atoms with Crippen molar-refractivity contribution >= 4 is 0 Å². The Balaban J connectivity index is 2.40. The van der Waals surface area contributed by atoms with E-state index in [2.05, 4.69) is 38.2 Å². The standard InChI is InChI=1S/C12H18/c1-3-5-6-8-11(7-4-2)12-9-10-12/h3,5,8-9H,4,6-7,10H2,1-2H3. The zero-order valence-electron chi connectivity index (χ0n) is 8.14. The second-order valence-electron chi connectivity index (χ2n) is 3.22. The molecule has 0 heterocycles. The molecule has 12 heavy (non-hydrogen) atoms. The molecule has 0 heteroatoms. The van der Waals surface area contributed by atoms with Gasteiger partial charge in [0.15, 0.2) is 0 Å². The topological polar surface area (TPSA) is 0 Å². The van der Waals surface area contributed by atoms with Gasteiger partial charge >= 0.3 is 0 Å². The maximum atomic E-state index is 2.36. The summed E-state index contributed by atoms with van der Waals surface area (Å²) in [6, 6.07) is 0. The van der Waals surface area contributed by atoms with Crippen LogP contribution in [0, 0.1) is 0 Å². The second kappa shape index (κ2) is 4.97. The first-order valence-electron chi connectivity index (χ1n) is 4.88. The SMILES string of the molecule is CC=CCC=C(CCC)C1=CC1. The smallest absolute Gasteiger partial charge is 0.00918 e. The Morgan fingerprint density at radius 3 is 2.83 bits per heavy atom. The van der Waals surface area contributed by atoms with Crippen LogP contribution in [0.4, 0.5) is 0 Å². The van der Waals surface area contributed by atoms with Crippen molar-refractivity contribution in [2.45, 2.75) is 39.5 Å². The van der Waals surface area contributed by atoms with Gasteiger partial charge in [-0.3, -0.25) is 0 Å². The van der Waals surface area contributed by atoms with Crippen LogP contribution in [0.2, 0.25) is 0 Å². The lowest BCUT2D eigenvalue weighted by Crippen LogP contribution is -1.79. The van der Waals surface area contributed by atoms with Crippen molar-refractivity contribution in [3.63, 3.8) is 0 Å². The van der Waals surface area contributed by atoms with Crippen LogP contribution in [-0.4, -0.2) is 0 Å². The Bertz CT molecular complexity index is 216. The van der Waals surface area contributed by atoms with Crippen molar-refractivity contribution in [2.75, 3.05) is 0 Å². The number of allylic oxidation sites excluding steroid dienone is 6. The van der Waals surface area contributed by atoms with Gasteiger partial charge in [0.05, 0.1) is 0 Å². The first kappa shape index (κ1) is 9.31. The molecule has 0 nitrogen and oxygen atoms in total. The summed E-state index contributed by atoms with van der Waals surface area (Å²) in [7, 11) is 0. The molecule has 0 aromatic rings. The molecule has 0 aromatic carbocycles. The maximum Gasteiger partial charge on any atom is -0.00918 e. The molecule has 1 rings (SSSR count). The average Bonchev–Trinajstić information content (AvgIpc) is 2.86. The van der Waals surface area contributed by atoms with Crippen molar-refractivity contribution < 1.29 is 0 Å². The zero-order chi connectivity index (χ0) is 8.81. The largest absolute Gasteiger partial charge is 0.0914 e. The molecule has 0 bridgehead atoms. The summed E-state index contributed by atoms with van der Waals surface area (Å²) >= 11 is 0. The van der Waals surface area contributed by atoms with Gasteiger partial charge in [-0.25, -0.2) is 0 Å². The van der Waals surface area contributed by atoms with Gasteiger partial charge in [-0.15, -0.1) is 0 Å². The molecule has 1 aliphatic carbocycles. The van der Waals surface area contributed by atoms with Gasteiger partial charge in [-0.05, 0) is 37.3 Å². The van der Waals surface area contributed by atoms with Crippen LogP contribution in [0.5, 0.6) is 0 Å². The zero-order valence-corrected chi connectivity index (χ0v) is 8.14. The monoisotopic (exact) mass is 162 g/mol. The quantitative estimate of drug-likeness (QED) is 0.536. The molecule has 0 fully saturated rings. The van der Waals surface area contributed by atoms with Crippen molar-refractivity contribution in [1.82, 2.24) is 0 Å². The van der Waals surface area contributed by atoms with E-state index in [1.807, 2.05) is 0 Å². The van der Waals surface area contributed by atoms with E-state index in [-0.39, 0.29) is 0 Å². The van der Waals surface area contributed by atoms with E-state index in [0.717, 1.165) is 6.42 Å². The highest BCUT2D eigenvalue weighted by Gasteiger charge is 2.10. The van der Waals surface area contributed by atoms with Crippen LogP contribution in [0.15, 0.2) is 35.5 Å². The fourth-order valence-electron chi connectivity index (χ4n) is 1.32. The molecule has 0 aromatic heterocycles. The fourth-order valence-corrected chi connectivity index (χ4v) is 1.32. The van der Waals surface area contributed by atoms with Crippen LogP contribution >= 0.6 is 0 Å². The Morgan fingerprint density at radius 2 is 2.33 bits per heavy atom. The van der Waals surface area contributed by atoms with Crippen LogP contribution in [-0.2, 0) is 0 Å². The Morgan fingerprint density at radius 1 is 1.58 bits per heavy atom. The van der Waals surface area contributed by atoms with Gasteiger partial charge in [-0.2, -0.15) is 0 Å². The van der Waals surface area contributed by atoms with E-state index < -0.39 is 0 Å². The Labute approximate surface area is 75.7 Å². The highest BCUT2D eigenvalue weighted by atomic mass is 14.2. The summed E-state index contributed by atoms with van der Waals surface area (Å²) in [6.07, 6.45) is 13.9. The molecule has 66 valence electrons. The lowest BCUT2D eigenvalue weighted by Gasteiger charge is -1.99. The molecule has 0 saturated carbocycles. The van der Waals surface area contributed by atoms with Crippen molar-refractivity contribution in [3.8, 4) is 0 Å². The molecule has 0 amide bonds. The molecule has 1 aliphatic rings. The number of rotatable bonds is 5. The van der Waals surface area contributed by atoms with Crippen molar-refractivity contribution in [1.29, 1.82) is 0 Å². The first-order chi connectivity index (χ1) is 5.88. The summed E-state index contributed by atoms with van der Waals surface area (Å²) in [6.45, 7) is 4.32. The minimum Gasteiger partial charge on any atom is -0.0914 e. The summed E-state index contributed by atoms with van der Waals surface area (Å²) in [5, 5.41) is 0. The van der Waals surface area contributed by atoms with Gasteiger partial charge in [0.1, 0.15) is 0 Å². The normalized spacial score (nSPS) is 16.8. The van der Waals surface area contributed by atoms with Gasteiger partial charge in [0.2, 0.25) is 0 Å². The van der Waals surface area contributed by atoms with Gasteiger partial charge in [0.25, 0.3) is 0 Å². The molecular formula is C12H18. The number of hydrogen-bond donors (Lipinski definition) is 0. The minimum atomic E-state index is 1.10. The Hall–Kier alpha value is -0.780. The third-order valence-corrected chi connectivity index (χ3v) is 2.08. The Kier molecular flexibility index (Phi) is 3.86. The highest BCUT2D eigenvalue weighted by molar-refractivity contribution is 5.42. The van der Waals surface area contributed by atoms with Crippen molar-refractivity contribution in [2.24, 2.45) is 0 Å². The summed E-state index contributed by atoms with van der Waals surface area (Å²) in [5.41, 5.74) is 3.16. The van der Waals surface area contributed by atoms with Crippen molar-refractivity contribution in [3.05, 3.63) is 35.5 Å².